The fourth-order valence-electron chi connectivity index (χ4n) is 0.991. The summed E-state index contributed by atoms with van der Waals surface area (Å²) in [5, 5.41) is 0. The Morgan fingerprint density at radius 2 is 1.24 bits per heavy atom. The van der Waals surface area contributed by atoms with Gasteiger partial charge >= 0.3 is 0 Å². The molecular weight excluding hydrogens is 229 g/mol. The quantitative estimate of drug-likeness (QED) is 0.549. The summed E-state index contributed by atoms with van der Waals surface area (Å²) in [5.41, 5.74) is 10.7. The average Bonchev–Trinajstić information content (AvgIpc) is 2.28. The lowest BCUT2D eigenvalue weighted by atomic mass is 10.3. The molecule has 90 valence electrons. The maximum absolute atomic E-state index is 12.2. The summed E-state index contributed by atoms with van der Waals surface area (Å²) in [6.45, 7) is 0. The summed E-state index contributed by atoms with van der Waals surface area (Å²) < 4.78 is 36.5. The number of nitrogen functional groups attached to an aromatic ring is 2. The van der Waals surface area contributed by atoms with E-state index in [-0.39, 0.29) is 5.69 Å². The molecule has 0 radical (unpaired) electrons. The van der Waals surface area contributed by atoms with Crippen molar-refractivity contribution in [1.82, 2.24) is 0 Å². The third-order valence-electron chi connectivity index (χ3n) is 1.84. The van der Waals surface area contributed by atoms with Crippen LogP contribution in [0.25, 0.3) is 0 Å². The second kappa shape index (κ2) is 5.79. The zero-order valence-electron chi connectivity index (χ0n) is 8.83. The van der Waals surface area contributed by atoms with Crippen molar-refractivity contribution in [1.29, 1.82) is 0 Å². The van der Waals surface area contributed by atoms with Crippen LogP contribution >= 0.6 is 0 Å². The van der Waals surface area contributed by atoms with Gasteiger partial charge in [-0.2, -0.15) is 0 Å². The van der Waals surface area contributed by atoms with E-state index in [0.29, 0.717) is 12.1 Å². The van der Waals surface area contributed by atoms with Gasteiger partial charge in [0, 0.05) is 17.8 Å². The number of anilines is 2. The number of nitrogens with two attached hydrogens (primary N) is 2. The number of rotatable bonds is 0. The van der Waals surface area contributed by atoms with E-state index >= 15 is 0 Å². The Hall–Kier alpha value is -2.17. The maximum Gasteiger partial charge on any atom is 0.161 e. The molecule has 0 heterocycles. The predicted molar refractivity (Wildman–Crippen MR) is 61.6 cm³/mol. The van der Waals surface area contributed by atoms with Gasteiger partial charge in [-0.3, -0.25) is 0 Å². The van der Waals surface area contributed by atoms with Gasteiger partial charge < -0.3 is 11.5 Å². The molecule has 0 bridgehead atoms. The highest BCUT2D eigenvalue weighted by atomic mass is 19.2. The Bertz CT molecular complexity index is 436. The molecule has 0 saturated carbocycles. The average molecular weight is 240 g/mol. The maximum atomic E-state index is 12.2. The Morgan fingerprint density at radius 3 is 1.65 bits per heavy atom. The largest absolute Gasteiger partial charge is 0.399 e. The molecule has 0 aliphatic rings. The summed E-state index contributed by atoms with van der Waals surface area (Å²) >= 11 is 0. The van der Waals surface area contributed by atoms with E-state index in [2.05, 4.69) is 0 Å². The molecule has 0 atom stereocenters. The van der Waals surface area contributed by atoms with E-state index < -0.39 is 17.5 Å². The lowest BCUT2D eigenvalue weighted by molar-refractivity contribution is 0.496. The molecule has 0 aliphatic heterocycles. The number of benzene rings is 2. The van der Waals surface area contributed by atoms with Gasteiger partial charge in [-0.05, 0) is 12.1 Å². The molecule has 0 unspecified atom stereocenters. The van der Waals surface area contributed by atoms with Gasteiger partial charge in [-0.15, -0.1) is 0 Å². The summed E-state index contributed by atoms with van der Waals surface area (Å²) in [4.78, 5) is 0. The monoisotopic (exact) mass is 240 g/mol. The molecule has 0 aromatic heterocycles. The third-order valence-corrected chi connectivity index (χ3v) is 1.84. The normalized spacial score (nSPS) is 9.35. The topological polar surface area (TPSA) is 52.0 Å². The van der Waals surface area contributed by atoms with Crippen LogP contribution in [0.15, 0.2) is 42.5 Å². The molecule has 0 fully saturated rings. The number of halogens is 3. The first-order valence-electron chi connectivity index (χ1n) is 4.71. The zero-order valence-corrected chi connectivity index (χ0v) is 8.83. The van der Waals surface area contributed by atoms with Crippen LogP contribution < -0.4 is 11.5 Å². The Morgan fingerprint density at radius 1 is 0.706 bits per heavy atom. The molecular formula is C12H11F3N2. The second-order valence-electron chi connectivity index (χ2n) is 3.20. The lowest BCUT2D eigenvalue weighted by Gasteiger charge is -1.95. The van der Waals surface area contributed by atoms with Gasteiger partial charge in [0.2, 0.25) is 0 Å². The van der Waals surface area contributed by atoms with Gasteiger partial charge in [0.1, 0.15) is 5.82 Å². The third kappa shape index (κ3) is 4.06. The van der Waals surface area contributed by atoms with Crippen LogP contribution in [0.1, 0.15) is 0 Å². The van der Waals surface area contributed by atoms with Gasteiger partial charge in [0.15, 0.2) is 11.6 Å². The summed E-state index contributed by atoms with van der Waals surface area (Å²) in [5.74, 6) is -3.32. The van der Waals surface area contributed by atoms with Crippen molar-refractivity contribution in [2.75, 3.05) is 11.5 Å². The van der Waals surface area contributed by atoms with Crippen LogP contribution in [0.5, 0.6) is 0 Å². The van der Waals surface area contributed by atoms with Crippen molar-refractivity contribution in [3.05, 3.63) is 59.9 Å². The minimum Gasteiger partial charge on any atom is -0.399 e. The Balaban J connectivity index is 0.000000181. The van der Waals surface area contributed by atoms with Crippen LogP contribution in [0, 0.1) is 17.5 Å². The van der Waals surface area contributed by atoms with Crippen molar-refractivity contribution in [3.8, 4) is 0 Å². The minimum absolute atomic E-state index is 0.390. The summed E-state index contributed by atoms with van der Waals surface area (Å²) in [6.07, 6.45) is 0. The standard InChI is InChI=1S/C6H4F3N.C6H7N/c7-3-1-5(9)6(10)2-4(3)8;7-6-4-2-1-3-5-6/h1-2H,10H2;1-5H,7H2. The zero-order chi connectivity index (χ0) is 12.8. The summed E-state index contributed by atoms with van der Waals surface area (Å²) in [6, 6.07) is 10.5. The number of hydrogen-bond acceptors (Lipinski definition) is 2. The molecule has 0 aliphatic carbocycles. The molecule has 0 amide bonds. The summed E-state index contributed by atoms with van der Waals surface area (Å²) in [7, 11) is 0. The molecule has 2 aromatic carbocycles. The van der Waals surface area contributed by atoms with Crippen LogP contribution in [-0.2, 0) is 0 Å². The second-order valence-corrected chi connectivity index (χ2v) is 3.20. The van der Waals surface area contributed by atoms with Gasteiger partial charge in [0.05, 0.1) is 5.69 Å². The highest BCUT2D eigenvalue weighted by molar-refractivity contribution is 5.39. The number of para-hydroxylation sites is 1. The highest BCUT2D eigenvalue weighted by Gasteiger charge is 2.05. The van der Waals surface area contributed by atoms with Crippen LogP contribution in [0.2, 0.25) is 0 Å². The SMILES string of the molecule is Nc1cc(F)c(F)cc1F.Nc1ccccc1. The molecule has 2 nitrogen and oxygen atoms in total. The Labute approximate surface area is 96.7 Å². The first-order valence-corrected chi connectivity index (χ1v) is 4.71. The fourth-order valence-corrected chi connectivity index (χ4v) is 0.991. The Kier molecular flexibility index (Phi) is 4.39. The fraction of sp³-hybridized carbons (Fsp3) is 0. The van der Waals surface area contributed by atoms with Gasteiger partial charge in [0.25, 0.3) is 0 Å². The van der Waals surface area contributed by atoms with Crippen molar-refractivity contribution in [2.24, 2.45) is 0 Å². The van der Waals surface area contributed by atoms with Crippen LogP contribution in [0.4, 0.5) is 24.5 Å². The van der Waals surface area contributed by atoms with Crippen LogP contribution in [0.3, 0.4) is 0 Å². The highest BCUT2D eigenvalue weighted by Crippen LogP contribution is 2.14. The minimum atomic E-state index is -1.23. The first kappa shape index (κ1) is 12.9. The van der Waals surface area contributed by atoms with Crippen molar-refractivity contribution < 1.29 is 13.2 Å². The van der Waals surface area contributed by atoms with E-state index in [0.717, 1.165) is 5.69 Å². The van der Waals surface area contributed by atoms with E-state index in [4.69, 9.17) is 11.5 Å². The molecule has 5 heteroatoms. The van der Waals surface area contributed by atoms with E-state index in [9.17, 15) is 13.2 Å². The molecule has 2 aromatic rings. The van der Waals surface area contributed by atoms with Crippen molar-refractivity contribution >= 4 is 11.4 Å². The van der Waals surface area contributed by atoms with Crippen molar-refractivity contribution in [2.45, 2.75) is 0 Å². The molecule has 0 spiro atoms. The first-order chi connectivity index (χ1) is 8.00. The van der Waals surface area contributed by atoms with Crippen molar-refractivity contribution in [3.63, 3.8) is 0 Å². The van der Waals surface area contributed by atoms with Gasteiger partial charge in [-0.25, -0.2) is 13.2 Å². The van der Waals surface area contributed by atoms with Gasteiger partial charge in [-0.1, -0.05) is 18.2 Å². The molecule has 0 saturated heterocycles. The van der Waals surface area contributed by atoms with E-state index in [1.165, 1.54) is 0 Å². The molecule has 4 N–H and O–H groups in total. The smallest absolute Gasteiger partial charge is 0.161 e. The lowest BCUT2D eigenvalue weighted by Crippen LogP contribution is -1.94. The molecule has 17 heavy (non-hydrogen) atoms. The van der Waals surface area contributed by atoms with Crippen LogP contribution in [-0.4, -0.2) is 0 Å². The van der Waals surface area contributed by atoms with E-state index in [1.807, 2.05) is 30.3 Å². The number of hydrogen-bond donors (Lipinski definition) is 2. The predicted octanol–water partition coefficient (Wildman–Crippen LogP) is 2.95. The molecule has 2 rings (SSSR count). The van der Waals surface area contributed by atoms with E-state index in [1.54, 1.807) is 0 Å².